The summed E-state index contributed by atoms with van der Waals surface area (Å²) >= 11 is 0. The number of aliphatic hydroxyl groups excluding tert-OH is 1. The van der Waals surface area contributed by atoms with Gasteiger partial charge in [-0.05, 0) is 35.6 Å². The molecule has 0 spiro atoms. The maximum atomic E-state index is 12.4. The summed E-state index contributed by atoms with van der Waals surface area (Å²) in [4.78, 5) is 23.3. The third-order valence-corrected chi connectivity index (χ3v) is 4.45. The van der Waals surface area contributed by atoms with Gasteiger partial charge in [0.05, 0.1) is 12.6 Å². The van der Waals surface area contributed by atoms with E-state index in [1.54, 1.807) is 13.8 Å². The molecular weight excluding hydrogens is 372 g/mol. The Bertz CT molecular complexity index is 778. The molecule has 0 saturated carbocycles. The molecule has 2 aromatic carbocycles. The molecule has 156 valence electrons. The zero-order chi connectivity index (χ0) is 21.2. The van der Waals surface area contributed by atoms with Gasteiger partial charge >= 0.3 is 6.09 Å². The summed E-state index contributed by atoms with van der Waals surface area (Å²) in [5.41, 5.74) is 2.00. The summed E-state index contributed by atoms with van der Waals surface area (Å²) in [6.45, 7) is 3.73. The van der Waals surface area contributed by atoms with Crippen molar-refractivity contribution in [2.45, 2.75) is 39.0 Å². The monoisotopic (exact) mass is 400 g/mol. The van der Waals surface area contributed by atoms with E-state index < -0.39 is 24.1 Å². The Hall–Kier alpha value is -3.06. The van der Waals surface area contributed by atoms with Crippen LogP contribution in [0.15, 0.2) is 54.6 Å². The maximum Gasteiger partial charge on any atom is 0.405 e. The van der Waals surface area contributed by atoms with Gasteiger partial charge in [0.15, 0.2) is 0 Å². The molecule has 0 heterocycles. The maximum absolute atomic E-state index is 12.4. The minimum atomic E-state index is -1.26. The van der Waals surface area contributed by atoms with E-state index in [2.05, 4.69) is 10.6 Å². The van der Waals surface area contributed by atoms with Crippen molar-refractivity contribution in [2.75, 3.05) is 6.61 Å². The van der Waals surface area contributed by atoms with E-state index in [0.29, 0.717) is 13.0 Å². The lowest BCUT2D eigenvalue weighted by molar-refractivity contribution is -0.125. The highest BCUT2D eigenvalue weighted by Gasteiger charge is 2.25. The SMILES string of the molecule is CC(C)[C@H](NC(=O)O)C(=O)NC(CO)Cc1ccc(OCc2ccccc2)cc1. The second-order valence-corrected chi connectivity index (χ2v) is 7.18. The standard InChI is InChI=1S/C22H28N2O5/c1-15(2)20(24-22(27)28)21(26)23-18(13-25)12-16-8-10-19(11-9-16)29-14-17-6-4-3-5-7-17/h3-11,15,18,20,24-25H,12-14H2,1-2H3,(H,23,26)(H,27,28)/t18?,20-/m0/s1. The van der Waals surface area contributed by atoms with Crippen molar-refractivity contribution < 1.29 is 24.5 Å². The average molecular weight is 400 g/mol. The molecular formula is C22H28N2O5. The Morgan fingerprint density at radius 1 is 0.966 bits per heavy atom. The van der Waals surface area contributed by atoms with Crippen molar-refractivity contribution in [3.8, 4) is 5.75 Å². The topological polar surface area (TPSA) is 108 Å². The number of nitrogens with one attached hydrogen (secondary N) is 2. The van der Waals surface area contributed by atoms with Gasteiger partial charge in [0.1, 0.15) is 18.4 Å². The molecule has 0 radical (unpaired) electrons. The normalized spacial score (nSPS) is 12.8. The number of carboxylic acid groups (broad SMARTS) is 1. The van der Waals surface area contributed by atoms with E-state index in [0.717, 1.165) is 16.9 Å². The fourth-order valence-corrected chi connectivity index (χ4v) is 2.87. The zero-order valence-corrected chi connectivity index (χ0v) is 16.7. The first kappa shape index (κ1) is 22.2. The number of rotatable bonds is 10. The predicted octanol–water partition coefficient (Wildman–Crippen LogP) is 2.58. The van der Waals surface area contributed by atoms with E-state index in [4.69, 9.17) is 9.84 Å². The van der Waals surface area contributed by atoms with E-state index >= 15 is 0 Å². The van der Waals surface area contributed by atoms with Crippen molar-refractivity contribution >= 4 is 12.0 Å². The molecule has 4 N–H and O–H groups in total. The summed E-state index contributed by atoms with van der Waals surface area (Å²) in [5, 5.41) is 23.5. The number of carbonyl (C=O) groups excluding carboxylic acids is 1. The first-order valence-corrected chi connectivity index (χ1v) is 9.55. The van der Waals surface area contributed by atoms with Crippen LogP contribution in [-0.4, -0.2) is 40.9 Å². The number of carbonyl (C=O) groups is 2. The summed E-state index contributed by atoms with van der Waals surface area (Å²) in [6.07, 6.45) is -0.843. The van der Waals surface area contributed by atoms with E-state index in [9.17, 15) is 14.7 Å². The molecule has 7 heteroatoms. The Labute approximate surface area is 170 Å². The van der Waals surface area contributed by atoms with Crippen LogP contribution in [0.2, 0.25) is 0 Å². The second kappa shape index (κ2) is 11.1. The third kappa shape index (κ3) is 7.46. The summed E-state index contributed by atoms with van der Waals surface area (Å²) in [6, 6.07) is 15.9. The highest BCUT2D eigenvalue weighted by atomic mass is 16.5. The van der Waals surface area contributed by atoms with Gasteiger partial charge in [-0.15, -0.1) is 0 Å². The smallest absolute Gasteiger partial charge is 0.405 e. The lowest BCUT2D eigenvalue weighted by Crippen LogP contribution is -2.53. The van der Waals surface area contributed by atoms with Gasteiger partial charge < -0.3 is 25.6 Å². The Kier molecular flexibility index (Phi) is 8.48. The van der Waals surface area contributed by atoms with Crippen LogP contribution in [-0.2, 0) is 17.8 Å². The molecule has 0 aliphatic carbocycles. The number of hydrogen-bond acceptors (Lipinski definition) is 4. The Morgan fingerprint density at radius 2 is 1.62 bits per heavy atom. The van der Waals surface area contributed by atoms with Crippen molar-refractivity contribution in [2.24, 2.45) is 5.92 Å². The van der Waals surface area contributed by atoms with Gasteiger partial charge in [-0.2, -0.15) is 0 Å². The van der Waals surface area contributed by atoms with E-state index in [-0.39, 0.29) is 12.5 Å². The van der Waals surface area contributed by atoms with Crippen LogP contribution in [0.1, 0.15) is 25.0 Å². The third-order valence-electron chi connectivity index (χ3n) is 4.45. The summed E-state index contributed by atoms with van der Waals surface area (Å²) in [5.74, 6) is 0.0588. The van der Waals surface area contributed by atoms with E-state index in [1.807, 2.05) is 54.6 Å². The minimum Gasteiger partial charge on any atom is -0.489 e. The zero-order valence-electron chi connectivity index (χ0n) is 16.7. The van der Waals surface area contributed by atoms with Crippen LogP contribution >= 0.6 is 0 Å². The van der Waals surface area contributed by atoms with E-state index in [1.165, 1.54) is 0 Å². The van der Waals surface area contributed by atoms with Crippen LogP contribution < -0.4 is 15.4 Å². The highest BCUT2D eigenvalue weighted by molar-refractivity contribution is 5.85. The van der Waals surface area contributed by atoms with Crippen LogP contribution in [0.4, 0.5) is 4.79 Å². The number of amides is 2. The molecule has 29 heavy (non-hydrogen) atoms. The molecule has 2 aromatic rings. The molecule has 2 rings (SSSR count). The Morgan fingerprint density at radius 3 is 2.17 bits per heavy atom. The van der Waals surface area contributed by atoms with Gasteiger partial charge in [0, 0.05) is 0 Å². The Balaban J connectivity index is 1.91. The largest absolute Gasteiger partial charge is 0.489 e. The number of benzene rings is 2. The van der Waals surface area contributed by atoms with Crippen LogP contribution in [0, 0.1) is 5.92 Å². The molecule has 1 unspecified atom stereocenters. The van der Waals surface area contributed by atoms with Gasteiger partial charge in [0.25, 0.3) is 0 Å². The molecule has 0 fully saturated rings. The van der Waals surface area contributed by atoms with Gasteiger partial charge in [-0.3, -0.25) is 4.79 Å². The van der Waals surface area contributed by atoms with Crippen LogP contribution in [0.3, 0.4) is 0 Å². The predicted molar refractivity (Wildman–Crippen MR) is 110 cm³/mol. The molecule has 0 aliphatic heterocycles. The van der Waals surface area contributed by atoms with Crippen LogP contribution in [0.25, 0.3) is 0 Å². The molecule has 7 nitrogen and oxygen atoms in total. The molecule has 0 aromatic heterocycles. The number of ether oxygens (including phenoxy) is 1. The van der Waals surface area contributed by atoms with Gasteiger partial charge in [0.2, 0.25) is 5.91 Å². The van der Waals surface area contributed by atoms with Crippen molar-refractivity contribution in [1.29, 1.82) is 0 Å². The average Bonchev–Trinajstić information content (AvgIpc) is 2.71. The fourth-order valence-electron chi connectivity index (χ4n) is 2.87. The quantitative estimate of drug-likeness (QED) is 0.490. The van der Waals surface area contributed by atoms with Gasteiger partial charge in [-0.1, -0.05) is 56.3 Å². The summed E-state index contributed by atoms with van der Waals surface area (Å²) in [7, 11) is 0. The molecule has 0 saturated heterocycles. The van der Waals surface area contributed by atoms with Crippen molar-refractivity contribution in [3.63, 3.8) is 0 Å². The molecule has 2 amide bonds. The lowest BCUT2D eigenvalue weighted by atomic mass is 10.0. The molecule has 2 atom stereocenters. The molecule has 0 bridgehead atoms. The van der Waals surface area contributed by atoms with Crippen LogP contribution in [0.5, 0.6) is 5.75 Å². The number of hydrogen-bond donors (Lipinski definition) is 4. The first-order valence-electron chi connectivity index (χ1n) is 9.55. The fraction of sp³-hybridized carbons (Fsp3) is 0.364. The van der Waals surface area contributed by atoms with Crippen molar-refractivity contribution in [1.82, 2.24) is 10.6 Å². The first-order chi connectivity index (χ1) is 13.9. The van der Waals surface area contributed by atoms with Crippen molar-refractivity contribution in [3.05, 3.63) is 65.7 Å². The lowest BCUT2D eigenvalue weighted by Gasteiger charge is -2.24. The summed E-state index contributed by atoms with van der Waals surface area (Å²) < 4.78 is 5.75. The number of aliphatic hydroxyl groups is 1. The second-order valence-electron chi connectivity index (χ2n) is 7.18. The van der Waals surface area contributed by atoms with Gasteiger partial charge in [-0.25, -0.2) is 4.79 Å². The minimum absolute atomic E-state index is 0.216. The molecule has 0 aliphatic rings. The highest BCUT2D eigenvalue weighted by Crippen LogP contribution is 2.15.